The molecule has 9 heteroatoms. The summed E-state index contributed by atoms with van der Waals surface area (Å²) in [6.45, 7) is 1.85. The average molecular weight is 315 g/mol. The third kappa shape index (κ3) is 3.28. The lowest BCUT2D eigenvalue weighted by Gasteiger charge is -2.22. The lowest BCUT2D eigenvalue weighted by Crippen LogP contribution is -2.39. The predicted octanol–water partition coefficient (Wildman–Crippen LogP) is -1.58. The maximum absolute atomic E-state index is 12.0. The number of aryl methyl sites for hydroxylation is 1. The lowest BCUT2D eigenvalue weighted by atomic mass is 10.1. The van der Waals surface area contributed by atoms with Gasteiger partial charge in [-0.1, -0.05) is 0 Å². The zero-order valence-corrected chi connectivity index (χ0v) is 12.5. The molecule has 4 atom stereocenters. The molecule has 0 saturated carbocycles. The second-order valence-corrected chi connectivity index (χ2v) is 5.07. The van der Waals surface area contributed by atoms with E-state index in [1.807, 2.05) is 0 Å². The van der Waals surface area contributed by atoms with Crippen molar-refractivity contribution in [1.82, 2.24) is 9.55 Å². The van der Waals surface area contributed by atoms with Crippen LogP contribution < -0.4 is 11.4 Å². The summed E-state index contributed by atoms with van der Waals surface area (Å²) in [6.07, 6.45) is -2.15. The minimum atomic E-state index is -1.07. The van der Waals surface area contributed by atoms with Crippen LogP contribution in [-0.4, -0.2) is 65.0 Å². The van der Waals surface area contributed by atoms with Crippen LogP contribution in [0.15, 0.2) is 11.0 Å². The smallest absolute Gasteiger partial charge is 0.351 e. The summed E-state index contributed by atoms with van der Waals surface area (Å²) in [7, 11) is 1.52. The Kier molecular flexibility index (Phi) is 5.48. The van der Waals surface area contributed by atoms with E-state index in [0.717, 1.165) is 0 Å². The first-order valence-corrected chi connectivity index (χ1v) is 6.89. The first-order chi connectivity index (χ1) is 10.5. The summed E-state index contributed by atoms with van der Waals surface area (Å²) < 4.78 is 17.2. The maximum atomic E-state index is 12.0. The summed E-state index contributed by atoms with van der Waals surface area (Å²) in [5, 5.41) is 19.5. The van der Waals surface area contributed by atoms with E-state index in [1.54, 1.807) is 6.92 Å². The molecule has 22 heavy (non-hydrogen) atoms. The SMILES string of the molecule is COCCOC1C(O)C(CO)OC1n1cc(C)c(N)nc1=O. The summed E-state index contributed by atoms with van der Waals surface area (Å²) in [5.74, 6) is 0.135. The minimum Gasteiger partial charge on any atom is -0.394 e. The van der Waals surface area contributed by atoms with Crippen LogP contribution in [0.25, 0.3) is 0 Å². The fraction of sp³-hybridized carbons (Fsp3) is 0.692. The molecule has 0 spiro atoms. The van der Waals surface area contributed by atoms with Crippen molar-refractivity contribution in [2.75, 3.05) is 32.7 Å². The monoisotopic (exact) mass is 315 g/mol. The third-order valence-electron chi connectivity index (χ3n) is 3.54. The van der Waals surface area contributed by atoms with Gasteiger partial charge in [0.25, 0.3) is 0 Å². The molecule has 1 aromatic rings. The highest BCUT2D eigenvalue weighted by Crippen LogP contribution is 2.31. The summed E-state index contributed by atoms with van der Waals surface area (Å²) >= 11 is 0. The fourth-order valence-corrected chi connectivity index (χ4v) is 2.30. The Morgan fingerprint density at radius 3 is 2.86 bits per heavy atom. The summed E-state index contributed by atoms with van der Waals surface area (Å²) in [4.78, 5) is 15.7. The van der Waals surface area contributed by atoms with Crippen LogP contribution in [0.2, 0.25) is 0 Å². The number of ether oxygens (including phenoxy) is 3. The highest BCUT2D eigenvalue weighted by Gasteiger charge is 2.45. The fourth-order valence-electron chi connectivity index (χ4n) is 2.30. The first-order valence-electron chi connectivity index (χ1n) is 6.89. The Balaban J connectivity index is 2.29. The second kappa shape index (κ2) is 7.16. The molecule has 1 saturated heterocycles. The number of rotatable bonds is 6. The van der Waals surface area contributed by atoms with Gasteiger partial charge in [-0.3, -0.25) is 4.57 Å². The van der Waals surface area contributed by atoms with E-state index >= 15 is 0 Å². The zero-order valence-electron chi connectivity index (χ0n) is 12.5. The van der Waals surface area contributed by atoms with Crippen molar-refractivity contribution in [2.24, 2.45) is 0 Å². The van der Waals surface area contributed by atoms with Crippen molar-refractivity contribution < 1.29 is 24.4 Å². The Morgan fingerprint density at radius 2 is 2.23 bits per heavy atom. The van der Waals surface area contributed by atoms with Gasteiger partial charge in [0, 0.05) is 18.9 Å². The van der Waals surface area contributed by atoms with Crippen LogP contribution in [0.3, 0.4) is 0 Å². The number of hydrogen-bond acceptors (Lipinski definition) is 8. The number of nitrogen functional groups attached to an aromatic ring is 1. The number of methoxy groups -OCH3 is 1. The molecule has 1 aliphatic rings. The van der Waals surface area contributed by atoms with E-state index in [-0.39, 0.29) is 12.4 Å². The van der Waals surface area contributed by atoms with E-state index in [4.69, 9.17) is 19.9 Å². The standard InChI is InChI=1S/C13H21N3O6/c1-7-5-16(13(19)15-11(7)14)12-10(21-4-3-20-2)9(18)8(6-17)22-12/h5,8-10,12,17-18H,3-4,6H2,1-2H3,(H2,14,15,19). The molecule has 2 heterocycles. The van der Waals surface area contributed by atoms with Crippen LogP contribution >= 0.6 is 0 Å². The van der Waals surface area contributed by atoms with Gasteiger partial charge in [0.05, 0.1) is 19.8 Å². The molecule has 0 radical (unpaired) electrons. The maximum Gasteiger partial charge on any atom is 0.351 e. The highest BCUT2D eigenvalue weighted by molar-refractivity contribution is 5.35. The van der Waals surface area contributed by atoms with Gasteiger partial charge in [0.15, 0.2) is 6.23 Å². The van der Waals surface area contributed by atoms with Crippen LogP contribution in [0.1, 0.15) is 11.8 Å². The van der Waals surface area contributed by atoms with Gasteiger partial charge in [0.1, 0.15) is 24.1 Å². The topological polar surface area (TPSA) is 129 Å². The number of aliphatic hydroxyl groups is 2. The number of hydrogen-bond donors (Lipinski definition) is 3. The third-order valence-corrected chi connectivity index (χ3v) is 3.54. The molecule has 4 N–H and O–H groups in total. The molecule has 1 aromatic heterocycles. The lowest BCUT2D eigenvalue weighted by molar-refractivity contribution is -0.0819. The van der Waals surface area contributed by atoms with E-state index < -0.39 is 36.8 Å². The quantitative estimate of drug-likeness (QED) is 0.536. The van der Waals surface area contributed by atoms with Crippen molar-refractivity contribution in [3.05, 3.63) is 22.2 Å². The van der Waals surface area contributed by atoms with Gasteiger partial charge in [-0.2, -0.15) is 4.98 Å². The Hall–Kier alpha value is -1.52. The molecular weight excluding hydrogens is 294 g/mol. The number of nitrogens with zero attached hydrogens (tertiary/aromatic N) is 2. The van der Waals surface area contributed by atoms with E-state index in [1.165, 1.54) is 17.9 Å². The number of aliphatic hydroxyl groups excluding tert-OH is 2. The van der Waals surface area contributed by atoms with Crippen molar-refractivity contribution in [3.8, 4) is 0 Å². The van der Waals surface area contributed by atoms with E-state index in [0.29, 0.717) is 12.2 Å². The first kappa shape index (κ1) is 16.8. The van der Waals surface area contributed by atoms with Crippen molar-refractivity contribution in [3.63, 3.8) is 0 Å². The summed E-state index contributed by atoms with van der Waals surface area (Å²) in [6, 6.07) is 0. The molecule has 1 aliphatic heterocycles. The summed E-state index contributed by atoms with van der Waals surface area (Å²) in [5.41, 5.74) is 5.59. The van der Waals surface area contributed by atoms with Crippen molar-refractivity contribution in [1.29, 1.82) is 0 Å². The Labute approximate surface area is 127 Å². The average Bonchev–Trinajstić information content (AvgIpc) is 2.80. The molecule has 0 amide bonds. The largest absolute Gasteiger partial charge is 0.394 e. The van der Waals surface area contributed by atoms with Gasteiger partial charge in [0.2, 0.25) is 0 Å². The van der Waals surface area contributed by atoms with Gasteiger partial charge in [-0.05, 0) is 6.92 Å². The minimum absolute atomic E-state index is 0.135. The van der Waals surface area contributed by atoms with Gasteiger partial charge in [-0.15, -0.1) is 0 Å². The predicted molar refractivity (Wildman–Crippen MR) is 76.3 cm³/mol. The van der Waals surface area contributed by atoms with E-state index in [9.17, 15) is 15.0 Å². The number of nitrogens with two attached hydrogens (primary N) is 1. The van der Waals surface area contributed by atoms with Crippen LogP contribution in [-0.2, 0) is 14.2 Å². The molecule has 4 unspecified atom stereocenters. The molecule has 0 aromatic carbocycles. The van der Waals surface area contributed by atoms with Gasteiger partial charge >= 0.3 is 5.69 Å². The molecule has 0 bridgehead atoms. The molecular formula is C13H21N3O6. The highest BCUT2D eigenvalue weighted by atomic mass is 16.6. The van der Waals surface area contributed by atoms with Crippen molar-refractivity contribution >= 4 is 5.82 Å². The molecule has 0 aliphatic carbocycles. The Morgan fingerprint density at radius 1 is 1.50 bits per heavy atom. The van der Waals surface area contributed by atoms with E-state index in [2.05, 4.69) is 4.98 Å². The van der Waals surface area contributed by atoms with Gasteiger partial charge < -0.3 is 30.2 Å². The van der Waals surface area contributed by atoms with Crippen LogP contribution in [0, 0.1) is 6.92 Å². The number of aromatic nitrogens is 2. The zero-order chi connectivity index (χ0) is 16.3. The normalized spacial score (nSPS) is 28.2. The van der Waals surface area contributed by atoms with Crippen LogP contribution in [0.4, 0.5) is 5.82 Å². The van der Waals surface area contributed by atoms with Crippen LogP contribution in [0.5, 0.6) is 0 Å². The molecule has 9 nitrogen and oxygen atoms in total. The Bertz CT molecular complexity index is 563. The van der Waals surface area contributed by atoms with Crippen molar-refractivity contribution in [2.45, 2.75) is 31.5 Å². The second-order valence-electron chi connectivity index (χ2n) is 5.07. The van der Waals surface area contributed by atoms with Gasteiger partial charge in [-0.25, -0.2) is 4.79 Å². The molecule has 2 rings (SSSR count). The molecule has 1 fully saturated rings. The molecule has 124 valence electrons. The number of anilines is 1.